The lowest BCUT2D eigenvalue weighted by molar-refractivity contribution is 0.167. The van der Waals surface area contributed by atoms with Crippen LogP contribution in [0, 0.1) is 5.82 Å². The molecule has 0 bridgehead atoms. The average molecular weight is 192 g/mol. The Morgan fingerprint density at radius 3 is 2.57 bits per heavy atom. The van der Waals surface area contributed by atoms with Crippen molar-refractivity contribution in [3.8, 4) is 11.3 Å². The summed E-state index contributed by atoms with van der Waals surface area (Å²) in [6.45, 7) is 0. The van der Waals surface area contributed by atoms with Gasteiger partial charge in [-0.3, -0.25) is 0 Å². The molecule has 0 N–H and O–H groups in total. The van der Waals surface area contributed by atoms with Gasteiger partial charge in [-0.15, -0.1) is 0 Å². The molecular weight excluding hydrogens is 183 g/mol. The molecule has 0 saturated heterocycles. The Morgan fingerprint density at radius 2 is 2.00 bits per heavy atom. The number of aromatic nitrogens is 2. The Balaban J connectivity index is 2.34. The molecule has 1 aromatic carbocycles. The minimum Gasteiger partial charge on any atom is -0.416 e. The van der Waals surface area contributed by atoms with Gasteiger partial charge in [0.1, 0.15) is 19.3 Å². The summed E-state index contributed by atoms with van der Waals surface area (Å²) < 4.78 is 14.1. The van der Waals surface area contributed by atoms with Gasteiger partial charge in [0.05, 0.1) is 11.9 Å². The lowest BCUT2D eigenvalue weighted by atomic mass is 10.2. The summed E-state index contributed by atoms with van der Waals surface area (Å²) in [5.41, 5.74) is 1.62. The van der Waals surface area contributed by atoms with Crippen LogP contribution in [0.25, 0.3) is 11.3 Å². The van der Waals surface area contributed by atoms with Crippen LogP contribution in [0.15, 0.2) is 36.8 Å². The molecule has 0 fully saturated rings. The van der Waals surface area contributed by atoms with Crippen molar-refractivity contribution >= 4 is 0 Å². The molecule has 1 aromatic heterocycles. The van der Waals surface area contributed by atoms with Crippen molar-refractivity contribution in [2.24, 2.45) is 0 Å². The SMILES string of the molecule is COn1cnc(-c2ccc(F)cc2)c1. The van der Waals surface area contributed by atoms with Crippen molar-refractivity contribution in [3.63, 3.8) is 0 Å². The molecule has 0 amide bonds. The topological polar surface area (TPSA) is 27.1 Å². The van der Waals surface area contributed by atoms with Crippen LogP contribution >= 0.6 is 0 Å². The second-order valence-corrected chi connectivity index (χ2v) is 2.81. The quantitative estimate of drug-likeness (QED) is 0.724. The third-order valence-electron chi connectivity index (χ3n) is 1.91. The number of hydrogen-bond donors (Lipinski definition) is 0. The third-order valence-corrected chi connectivity index (χ3v) is 1.91. The van der Waals surface area contributed by atoms with Gasteiger partial charge in [0.15, 0.2) is 0 Å². The van der Waals surface area contributed by atoms with E-state index < -0.39 is 0 Å². The molecule has 0 spiro atoms. The first kappa shape index (κ1) is 8.74. The minimum absolute atomic E-state index is 0.250. The average Bonchev–Trinajstić information content (AvgIpc) is 2.67. The highest BCUT2D eigenvalue weighted by Crippen LogP contribution is 2.16. The lowest BCUT2D eigenvalue weighted by Gasteiger charge is -1.96. The van der Waals surface area contributed by atoms with Gasteiger partial charge in [0.25, 0.3) is 0 Å². The second kappa shape index (κ2) is 3.49. The fourth-order valence-electron chi connectivity index (χ4n) is 1.18. The first-order valence-corrected chi connectivity index (χ1v) is 4.14. The van der Waals surface area contributed by atoms with E-state index in [0.29, 0.717) is 0 Å². The maximum Gasteiger partial charge on any atom is 0.132 e. The highest BCUT2D eigenvalue weighted by atomic mass is 19.1. The molecule has 0 radical (unpaired) electrons. The molecule has 0 saturated carbocycles. The second-order valence-electron chi connectivity index (χ2n) is 2.81. The van der Waals surface area contributed by atoms with Crippen molar-refractivity contribution in [2.45, 2.75) is 0 Å². The van der Waals surface area contributed by atoms with Gasteiger partial charge in [-0.05, 0) is 24.3 Å². The molecule has 14 heavy (non-hydrogen) atoms. The Bertz CT molecular complexity index is 422. The van der Waals surface area contributed by atoms with E-state index in [1.807, 2.05) is 0 Å². The molecule has 1 heterocycles. The van der Waals surface area contributed by atoms with Gasteiger partial charge in [0, 0.05) is 5.56 Å². The zero-order chi connectivity index (χ0) is 9.97. The van der Waals surface area contributed by atoms with E-state index in [1.54, 1.807) is 31.8 Å². The molecular formula is C10H9FN2O. The molecule has 3 nitrogen and oxygen atoms in total. The summed E-state index contributed by atoms with van der Waals surface area (Å²) in [6, 6.07) is 6.16. The standard InChI is InChI=1S/C10H9FN2O/c1-14-13-6-10(12-7-13)8-2-4-9(11)5-3-8/h2-7H,1H3. The van der Waals surface area contributed by atoms with Gasteiger partial charge in [-0.1, -0.05) is 0 Å². The van der Waals surface area contributed by atoms with Crippen LogP contribution in [-0.2, 0) is 0 Å². The number of hydrogen-bond acceptors (Lipinski definition) is 2. The molecule has 72 valence electrons. The van der Waals surface area contributed by atoms with E-state index in [0.717, 1.165) is 11.3 Å². The molecule has 0 aliphatic heterocycles. The summed E-state index contributed by atoms with van der Waals surface area (Å²) in [5, 5.41) is 0. The molecule has 0 aliphatic rings. The van der Waals surface area contributed by atoms with Gasteiger partial charge >= 0.3 is 0 Å². The van der Waals surface area contributed by atoms with E-state index in [-0.39, 0.29) is 5.82 Å². The Labute approximate surface area is 80.7 Å². The fourth-order valence-corrected chi connectivity index (χ4v) is 1.18. The number of benzene rings is 1. The number of imidazole rings is 1. The number of rotatable bonds is 2. The normalized spacial score (nSPS) is 10.1. The van der Waals surface area contributed by atoms with Crippen LogP contribution in [0.2, 0.25) is 0 Å². The Kier molecular flexibility index (Phi) is 2.18. The third kappa shape index (κ3) is 1.59. The summed E-state index contributed by atoms with van der Waals surface area (Å²) >= 11 is 0. The molecule has 4 heteroatoms. The van der Waals surface area contributed by atoms with Gasteiger partial charge in [-0.2, -0.15) is 4.73 Å². The van der Waals surface area contributed by atoms with E-state index in [2.05, 4.69) is 4.98 Å². The van der Waals surface area contributed by atoms with E-state index in [1.165, 1.54) is 16.9 Å². The molecule has 0 aliphatic carbocycles. The smallest absolute Gasteiger partial charge is 0.132 e. The predicted octanol–water partition coefficient (Wildman–Crippen LogP) is 1.75. The molecule has 0 unspecified atom stereocenters. The van der Waals surface area contributed by atoms with E-state index in [4.69, 9.17) is 4.84 Å². The maximum atomic E-state index is 12.6. The minimum atomic E-state index is -0.250. The van der Waals surface area contributed by atoms with Gasteiger partial charge < -0.3 is 4.84 Å². The number of halogens is 1. The largest absolute Gasteiger partial charge is 0.416 e. The van der Waals surface area contributed by atoms with Crippen molar-refractivity contribution < 1.29 is 9.23 Å². The number of nitrogens with zero attached hydrogens (tertiary/aromatic N) is 2. The summed E-state index contributed by atoms with van der Waals surface area (Å²) in [4.78, 5) is 9.02. The van der Waals surface area contributed by atoms with Gasteiger partial charge in [-0.25, -0.2) is 9.37 Å². The van der Waals surface area contributed by atoms with Crippen LogP contribution in [0.5, 0.6) is 0 Å². The van der Waals surface area contributed by atoms with Crippen LogP contribution in [0.4, 0.5) is 4.39 Å². The highest BCUT2D eigenvalue weighted by molar-refractivity contribution is 5.57. The molecule has 2 aromatic rings. The monoisotopic (exact) mass is 192 g/mol. The van der Waals surface area contributed by atoms with Crippen molar-refractivity contribution in [2.75, 3.05) is 7.11 Å². The molecule has 0 atom stereocenters. The van der Waals surface area contributed by atoms with Crippen LogP contribution in [0.3, 0.4) is 0 Å². The zero-order valence-electron chi connectivity index (χ0n) is 7.64. The van der Waals surface area contributed by atoms with Crippen molar-refractivity contribution in [1.29, 1.82) is 0 Å². The van der Waals surface area contributed by atoms with E-state index in [9.17, 15) is 4.39 Å². The summed E-state index contributed by atoms with van der Waals surface area (Å²) in [7, 11) is 1.55. The first-order chi connectivity index (χ1) is 6.79. The van der Waals surface area contributed by atoms with Crippen LogP contribution in [-0.4, -0.2) is 16.8 Å². The van der Waals surface area contributed by atoms with Crippen molar-refractivity contribution in [3.05, 3.63) is 42.6 Å². The zero-order valence-corrected chi connectivity index (χ0v) is 7.64. The fraction of sp³-hybridized carbons (Fsp3) is 0.100. The first-order valence-electron chi connectivity index (χ1n) is 4.14. The van der Waals surface area contributed by atoms with E-state index >= 15 is 0 Å². The summed E-state index contributed by atoms with van der Waals surface area (Å²) in [5.74, 6) is -0.250. The van der Waals surface area contributed by atoms with Gasteiger partial charge in [0.2, 0.25) is 0 Å². The predicted molar refractivity (Wildman–Crippen MR) is 50.1 cm³/mol. The Morgan fingerprint density at radius 1 is 1.29 bits per heavy atom. The highest BCUT2D eigenvalue weighted by Gasteiger charge is 2.01. The van der Waals surface area contributed by atoms with Crippen LogP contribution < -0.4 is 4.84 Å². The van der Waals surface area contributed by atoms with Crippen molar-refractivity contribution in [1.82, 2.24) is 9.71 Å². The lowest BCUT2D eigenvalue weighted by Crippen LogP contribution is -2.00. The maximum absolute atomic E-state index is 12.6. The summed E-state index contributed by atoms with van der Waals surface area (Å²) in [6.07, 6.45) is 3.28. The molecule has 2 rings (SSSR count). The van der Waals surface area contributed by atoms with Crippen LogP contribution in [0.1, 0.15) is 0 Å². The Hall–Kier alpha value is -1.84.